The first-order valence-corrected chi connectivity index (χ1v) is 11.7. The summed E-state index contributed by atoms with van der Waals surface area (Å²) in [7, 11) is 2.81. The summed E-state index contributed by atoms with van der Waals surface area (Å²) in [4.78, 5) is 39.0. The molecule has 5 heterocycles. The van der Waals surface area contributed by atoms with Gasteiger partial charge in [-0.05, 0) is 12.1 Å². The summed E-state index contributed by atoms with van der Waals surface area (Å²) in [6.45, 7) is 0.282. The highest BCUT2D eigenvalue weighted by Gasteiger charge is 2.48. The van der Waals surface area contributed by atoms with Crippen molar-refractivity contribution in [3.63, 3.8) is 0 Å². The molecule has 0 aromatic carbocycles. The minimum Gasteiger partial charge on any atom is -0.497 e. The number of amides is 1. The van der Waals surface area contributed by atoms with Gasteiger partial charge in [0.1, 0.15) is 18.0 Å². The van der Waals surface area contributed by atoms with Gasteiger partial charge < -0.3 is 25.0 Å². The van der Waals surface area contributed by atoms with Crippen molar-refractivity contribution in [2.45, 2.75) is 31.1 Å². The molecule has 5 rings (SSSR count). The maximum Gasteiger partial charge on any atom is 0.275 e. The molecule has 4 aromatic rings. The van der Waals surface area contributed by atoms with Crippen molar-refractivity contribution in [1.29, 1.82) is 0 Å². The van der Waals surface area contributed by atoms with Crippen LogP contribution in [0.3, 0.4) is 0 Å². The number of halogens is 1. The third kappa shape index (κ3) is 4.94. The first-order chi connectivity index (χ1) is 18.4. The molecule has 4 aromatic heterocycles. The second-order valence-corrected chi connectivity index (χ2v) is 8.69. The number of carbonyl (C=O) groups excluding carboxylic acids is 1. The molecule has 1 aliphatic heterocycles. The Morgan fingerprint density at radius 3 is 2.79 bits per heavy atom. The van der Waals surface area contributed by atoms with Gasteiger partial charge in [0.15, 0.2) is 35.1 Å². The average Bonchev–Trinajstić information content (AvgIpc) is 3.48. The first-order valence-electron chi connectivity index (χ1n) is 11.3. The van der Waals surface area contributed by atoms with Crippen LogP contribution in [0.25, 0.3) is 22.6 Å². The Morgan fingerprint density at radius 1 is 1.18 bits per heavy atom. The Balaban J connectivity index is 1.55. The van der Waals surface area contributed by atoms with Gasteiger partial charge in [-0.25, -0.2) is 20.4 Å². The van der Waals surface area contributed by atoms with E-state index < -0.39 is 30.4 Å². The molecular formula is C23H23ClN8O6. The maximum atomic E-state index is 12.2. The second-order valence-electron chi connectivity index (χ2n) is 8.25. The number of fused-ring (bicyclic) bond motifs is 1. The number of hydrogen-bond donors (Lipinski definition) is 4. The largest absolute Gasteiger partial charge is 0.497 e. The fraction of sp³-hybridized carbons (Fsp3) is 0.304. The fourth-order valence-electron chi connectivity index (χ4n) is 4.01. The number of aliphatic hydroxyl groups excluding tert-OH is 2. The van der Waals surface area contributed by atoms with Crippen LogP contribution in [0, 0.1) is 0 Å². The van der Waals surface area contributed by atoms with Gasteiger partial charge in [0.05, 0.1) is 37.8 Å². The molecule has 0 spiro atoms. The third-order valence-corrected chi connectivity index (χ3v) is 6.03. The predicted octanol–water partition coefficient (Wildman–Crippen LogP) is 0.854. The number of pyridine rings is 2. The molecule has 1 amide bonds. The van der Waals surface area contributed by atoms with Gasteiger partial charge in [-0.2, -0.15) is 0 Å². The summed E-state index contributed by atoms with van der Waals surface area (Å²) in [6, 6.07) is 5.17. The molecule has 1 fully saturated rings. The number of nitrogens with one attached hydrogen (secondary N) is 2. The van der Waals surface area contributed by atoms with Crippen molar-refractivity contribution >= 4 is 34.5 Å². The van der Waals surface area contributed by atoms with Crippen LogP contribution >= 0.6 is 11.6 Å². The molecule has 4 N–H and O–H groups in total. The Labute approximate surface area is 220 Å². The van der Waals surface area contributed by atoms with Crippen LogP contribution in [0.2, 0.25) is 5.02 Å². The van der Waals surface area contributed by atoms with E-state index >= 15 is 0 Å². The SMILES string of the molecule is CONC(=O)[C@H]1O[C@@H](n2cnc3c(NCc4cc(OC)ccn4)nc(-c4cncc(Cl)c4)nc32)[C@H](O)[C@@H]1O. The number of hydrogen-bond acceptors (Lipinski definition) is 12. The van der Waals surface area contributed by atoms with Crippen molar-refractivity contribution in [3.05, 3.63) is 53.8 Å². The van der Waals surface area contributed by atoms with E-state index in [1.807, 2.05) is 0 Å². The minimum atomic E-state index is -1.53. The number of ether oxygens (including phenoxy) is 2. The van der Waals surface area contributed by atoms with Crippen molar-refractivity contribution in [1.82, 2.24) is 35.0 Å². The molecular weight excluding hydrogens is 520 g/mol. The normalized spacial score (nSPS) is 21.0. The zero-order valence-electron chi connectivity index (χ0n) is 20.1. The zero-order valence-corrected chi connectivity index (χ0v) is 20.9. The van der Waals surface area contributed by atoms with Gasteiger partial charge in [-0.1, -0.05) is 11.6 Å². The second kappa shape index (κ2) is 10.8. The van der Waals surface area contributed by atoms with Gasteiger partial charge in [0.2, 0.25) is 0 Å². The van der Waals surface area contributed by atoms with Crippen LogP contribution in [0.1, 0.15) is 11.9 Å². The lowest BCUT2D eigenvalue weighted by Crippen LogP contribution is -2.42. The van der Waals surface area contributed by atoms with Crippen molar-refractivity contribution in [2.75, 3.05) is 19.5 Å². The topological polar surface area (TPSA) is 179 Å². The number of carbonyl (C=O) groups is 1. The summed E-state index contributed by atoms with van der Waals surface area (Å²) in [5.41, 5.74) is 3.92. The van der Waals surface area contributed by atoms with E-state index in [1.54, 1.807) is 37.7 Å². The molecule has 0 saturated carbocycles. The molecule has 15 heteroatoms. The van der Waals surface area contributed by atoms with E-state index in [2.05, 4.69) is 40.6 Å². The summed E-state index contributed by atoms with van der Waals surface area (Å²) in [5.74, 6) is 0.518. The molecule has 4 atom stereocenters. The monoisotopic (exact) mass is 542 g/mol. The van der Waals surface area contributed by atoms with Gasteiger partial charge in [-0.3, -0.25) is 24.2 Å². The van der Waals surface area contributed by atoms with Gasteiger partial charge >= 0.3 is 0 Å². The predicted molar refractivity (Wildman–Crippen MR) is 133 cm³/mol. The molecule has 1 saturated heterocycles. The number of imidazole rings is 1. The number of methoxy groups -OCH3 is 1. The lowest BCUT2D eigenvalue weighted by Gasteiger charge is -2.17. The van der Waals surface area contributed by atoms with Crippen molar-refractivity contribution in [3.8, 4) is 17.1 Å². The van der Waals surface area contributed by atoms with Crippen LogP contribution in [-0.2, 0) is 20.9 Å². The lowest BCUT2D eigenvalue weighted by atomic mass is 10.1. The van der Waals surface area contributed by atoms with Crippen LogP contribution in [0.4, 0.5) is 5.82 Å². The van der Waals surface area contributed by atoms with Gasteiger partial charge in [-0.15, -0.1) is 0 Å². The van der Waals surface area contributed by atoms with Crippen LogP contribution < -0.4 is 15.5 Å². The Bertz CT molecular complexity index is 1470. The number of rotatable bonds is 8. The molecule has 198 valence electrons. The molecule has 38 heavy (non-hydrogen) atoms. The highest BCUT2D eigenvalue weighted by Crippen LogP contribution is 2.34. The molecule has 0 unspecified atom stereocenters. The van der Waals surface area contributed by atoms with E-state index in [4.69, 9.17) is 21.1 Å². The molecule has 0 bridgehead atoms. The van der Waals surface area contributed by atoms with Crippen LogP contribution in [0.5, 0.6) is 5.75 Å². The number of aromatic nitrogens is 6. The number of anilines is 1. The van der Waals surface area contributed by atoms with E-state index in [1.165, 1.54) is 24.2 Å². The Hall–Kier alpha value is -3.95. The third-order valence-electron chi connectivity index (χ3n) is 5.82. The van der Waals surface area contributed by atoms with E-state index in [0.717, 1.165) is 0 Å². The summed E-state index contributed by atoms with van der Waals surface area (Å²) in [5, 5.41) is 24.8. The summed E-state index contributed by atoms with van der Waals surface area (Å²) in [6.07, 6.45) is 0.479. The maximum absolute atomic E-state index is 12.2. The standard InChI is InChI=1S/C23H23ClN8O6/c1-36-14-3-4-26-13(6-14)9-27-20-15-21(30-19(29-20)11-5-12(24)8-25-7-11)32(10-28-15)23-17(34)16(33)18(38-23)22(35)31-37-2/h3-8,10,16-18,23,33-34H,9H2,1-2H3,(H,31,35)(H,27,29,30)/t16-,17+,18-,23+/m0/s1. The number of hydroxylamine groups is 1. The van der Waals surface area contributed by atoms with Gasteiger partial charge in [0, 0.05) is 30.2 Å². The van der Waals surface area contributed by atoms with Crippen molar-refractivity contribution in [2.24, 2.45) is 0 Å². The number of aliphatic hydroxyl groups is 2. The van der Waals surface area contributed by atoms with E-state index in [0.29, 0.717) is 33.4 Å². The first kappa shape index (κ1) is 25.7. The van der Waals surface area contributed by atoms with E-state index in [-0.39, 0.29) is 18.0 Å². The highest BCUT2D eigenvalue weighted by atomic mass is 35.5. The molecule has 14 nitrogen and oxygen atoms in total. The average molecular weight is 543 g/mol. The smallest absolute Gasteiger partial charge is 0.275 e. The Morgan fingerprint density at radius 2 is 2.03 bits per heavy atom. The van der Waals surface area contributed by atoms with Crippen molar-refractivity contribution < 1.29 is 29.3 Å². The highest BCUT2D eigenvalue weighted by molar-refractivity contribution is 6.30. The summed E-state index contributed by atoms with van der Waals surface area (Å²) >= 11 is 6.14. The van der Waals surface area contributed by atoms with Gasteiger partial charge in [0.25, 0.3) is 5.91 Å². The quantitative estimate of drug-likeness (QED) is 0.231. The lowest BCUT2D eigenvalue weighted by molar-refractivity contribution is -0.148. The van der Waals surface area contributed by atoms with E-state index in [9.17, 15) is 15.0 Å². The van der Waals surface area contributed by atoms with Crippen LogP contribution in [0.15, 0.2) is 43.1 Å². The number of nitrogens with zero attached hydrogens (tertiary/aromatic N) is 6. The molecule has 0 radical (unpaired) electrons. The minimum absolute atomic E-state index is 0.261. The fourth-order valence-corrected chi connectivity index (χ4v) is 4.18. The molecule has 1 aliphatic rings. The Kier molecular flexibility index (Phi) is 7.31. The van der Waals surface area contributed by atoms with Crippen LogP contribution in [-0.4, -0.2) is 78.1 Å². The summed E-state index contributed by atoms with van der Waals surface area (Å²) < 4.78 is 12.4. The zero-order chi connectivity index (χ0) is 26.8. The molecule has 0 aliphatic carbocycles.